The fourth-order valence-electron chi connectivity index (χ4n) is 6.69. The van der Waals surface area contributed by atoms with Crippen LogP contribution in [0.2, 0.25) is 0 Å². The van der Waals surface area contributed by atoms with E-state index in [0.29, 0.717) is 17.8 Å². The number of rotatable bonds is 1. The van der Waals surface area contributed by atoms with Gasteiger partial charge in [0.15, 0.2) is 5.60 Å². The van der Waals surface area contributed by atoms with Crippen LogP contribution in [0.5, 0.6) is 0 Å². The number of allylic oxidation sites excluding steroid dienone is 4. The Morgan fingerprint density at radius 3 is 2.76 bits per heavy atom. The third-order valence-corrected chi connectivity index (χ3v) is 8.40. The van der Waals surface area contributed by atoms with Crippen LogP contribution in [-0.2, 0) is 4.74 Å². The molecule has 0 unspecified atom stereocenters. The summed E-state index contributed by atoms with van der Waals surface area (Å²) in [7, 11) is 1.78. The highest BCUT2D eigenvalue weighted by atomic mass is 16.5. The Morgan fingerprint density at radius 2 is 2.08 bits per heavy atom. The van der Waals surface area contributed by atoms with Crippen LogP contribution in [0, 0.1) is 40.9 Å². The van der Waals surface area contributed by atoms with Crippen LogP contribution in [0.4, 0.5) is 0 Å². The second kappa shape index (κ2) is 5.27. The van der Waals surface area contributed by atoms with Crippen LogP contribution < -0.4 is 0 Å². The first-order valence-corrected chi connectivity index (χ1v) is 9.64. The molecule has 0 amide bonds. The largest absolute Gasteiger partial charge is 0.501 e. The zero-order chi connectivity index (χ0) is 18.0. The predicted octanol–water partition coefficient (Wildman–Crippen LogP) is 4.62. The molecule has 0 aliphatic heterocycles. The van der Waals surface area contributed by atoms with Crippen LogP contribution in [0.3, 0.4) is 0 Å². The first kappa shape index (κ1) is 17.0. The molecule has 2 saturated carbocycles. The number of hydrogen-bond acceptors (Lipinski definition) is 2. The summed E-state index contributed by atoms with van der Waals surface area (Å²) < 4.78 is 5.52. The Bertz CT molecular complexity index is 723. The fraction of sp³-hybridized carbons (Fsp3) is 0.652. The number of aliphatic hydroxyl groups is 1. The van der Waals surface area contributed by atoms with E-state index in [1.807, 2.05) is 0 Å². The Labute approximate surface area is 152 Å². The summed E-state index contributed by atoms with van der Waals surface area (Å²) in [6.45, 7) is 8.82. The lowest BCUT2D eigenvalue weighted by Gasteiger charge is -2.57. The predicted molar refractivity (Wildman–Crippen MR) is 100 cm³/mol. The molecule has 2 fully saturated rings. The van der Waals surface area contributed by atoms with Crippen molar-refractivity contribution in [2.24, 2.45) is 28.6 Å². The molecule has 0 bridgehead atoms. The highest BCUT2D eigenvalue weighted by Gasteiger charge is 2.64. The maximum atomic E-state index is 11.2. The number of terminal acetylenes is 1. The molecular formula is C23H30O2. The first-order chi connectivity index (χ1) is 11.8. The van der Waals surface area contributed by atoms with E-state index in [1.54, 1.807) is 7.11 Å². The van der Waals surface area contributed by atoms with Gasteiger partial charge in [0.05, 0.1) is 12.9 Å². The van der Waals surface area contributed by atoms with E-state index < -0.39 is 5.60 Å². The summed E-state index contributed by atoms with van der Waals surface area (Å²) in [6.07, 6.45) is 16.8. The maximum absolute atomic E-state index is 11.2. The zero-order valence-corrected chi connectivity index (χ0v) is 15.8. The number of ether oxygens (including phenoxy) is 1. The van der Waals surface area contributed by atoms with Gasteiger partial charge >= 0.3 is 0 Å². The van der Waals surface area contributed by atoms with Crippen molar-refractivity contribution < 1.29 is 9.84 Å². The van der Waals surface area contributed by atoms with Gasteiger partial charge in [0, 0.05) is 11.8 Å². The van der Waals surface area contributed by atoms with Crippen molar-refractivity contribution in [1.82, 2.24) is 0 Å². The van der Waals surface area contributed by atoms with E-state index >= 15 is 0 Å². The number of methoxy groups -OCH3 is 1. The second-order valence-electron chi connectivity index (χ2n) is 9.12. The van der Waals surface area contributed by atoms with Gasteiger partial charge in [0.25, 0.3) is 0 Å². The van der Waals surface area contributed by atoms with Gasteiger partial charge in [-0.1, -0.05) is 32.4 Å². The molecule has 134 valence electrons. The van der Waals surface area contributed by atoms with Crippen LogP contribution >= 0.6 is 0 Å². The van der Waals surface area contributed by atoms with Crippen LogP contribution in [-0.4, -0.2) is 17.8 Å². The number of fused-ring (bicyclic) bond motifs is 5. The lowest BCUT2D eigenvalue weighted by molar-refractivity contribution is -0.0853. The zero-order valence-electron chi connectivity index (χ0n) is 15.8. The van der Waals surface area contributed by atoms with E-state index in [2.05, 4.69) is 38.5 Å². The van der Waals surface area contributed by atoms with Gasteiger partial charge in [-0.05, 0) is 72.5 Å². The van der Waals surface area contributed by atoms with E-state index in [0.717, 1.165) is 49.9 Å². The van der Waals surface area contributed by atoms with E-state index in [-0.39, 0.29) is 10.8 Å². The van der Waals surface area contributed by atoms with Gasteiger partial charge in [0.1, 0.15) is 0 Å². The Kier molecular flexibility index (Phi) is 3.58. The molecule has 0 radical (unpaired) electrons. The fourth-order valence-corrected chi connectivity index (χ4v) is 6.69. The molecule has 1 N–H and O–H groups in total. The van der Waals surface area contributed by atoms with Crippen molar-refractivity contribution in [2.45, 2.75) is 58.0 Å². The molecule has 6 atom stereocenters. The lowest BCUT2D eigenvalue weighted by atomic mass is 9.47. The van der Waals surface area contributed by atoms with Gasteiger partial charge < -0.3 is 9.84 Å². The minimum Gasteiger partial charge on any atom is -0.501 e. The molecular weight excluding hydrogens is 308 g/mol. The summed E-state index contributed by atoms with van der Waals surface area (Å²) in [5.74, 6) is 5.51. The van der Waals surface area contributed by atoms with Crippen LogP contribution in [0.1, 0.15) is 52.4 Å². The van der Waals surface area contributed by atoms with Gasteiger partial charge in [-0.15, -0.1) is 6.42 Å². The van der Waals surface area contributed by atoms with Crippen molar-refractivity contribution in [3.8, 4) is 12.3 Å². The summed E-state index contributed by atoms with van der Waals surface area (Å²) in [6, 6.07) is 0. The normalized spacial score (nSPS) is 48.4. The van der Waals surface area contributed by atoms with Gasteiger partial charge in [0.2, 0.25) is 0 Å². The Morgan fingerprint density at radius 1 is 1.32 bits per heavy atom. The van der Waals surface area contributed by atoms with Gasteiger partial charge in [-0.2, -0.15) is 0 Å². The van der Waals surface area contributed by atoms with Crippen molar-refractivity contribution in [3.05, 3.63) is 35.6 Å². The summed E-state index contributed by atoms with van der Waals surface area (Å²) in [5.41, 5.74) is 1.18. The smallest absolute Gasteiger partial charge is 0.152 e. The molecule has 0 aromatic rings. The molecule has 0 saturated heterocycles. The quantitative estimate of drug-likeness (QED) is 0.558. The molecule has 4 aliphatic rings. The van der Waals surface area contributed by atoms with Crippen molar-refractivity contribution in [1.29, 1.82) is 0 Å². The van der Waals surface area contributed by atoms with E-state index in [4.69, 9.17) is 11.2 Å². The standard InChI is InChI=1S/C23H30O2/c1-6-23(24)15(2)13-20-18-8-7-16-14-17(25-5)9-11-21(16,3)19(18)10-12-22(20,23)4/h1,7,14,18-20,24H,2,8-13H2,3-5H3/t18-,19+,20+,21+,22+,23-/m1/s1. The van der Waals surface area contributed by atoms with Gasteiger partial charge in [-0.25, -0.2) is 0 Å². The summed E-state index contributed by atoms with van der Waals surface area (Å²) >= 11 is 0. The third-order valence-electron chi connectivity index (χ3n) is 8.40. The van der Waals surface area contributed by atoms with Gasteiger partial charge in [-0.3, -0.25) is 0 Å². The van der Waals surface area contributed by atoms with Crippen molar-refractivity contribution in [2.75, 3.05) is 7.11 Å². The van der Waals surface area contributed by atoms with Crippen LogP contribution in [0.15, 0.2) is 35.6 Å². The third kappa shape index (κ3) is 1.97. The van der Waals surface area contributed by atoms with Crippen molar-refractivity contribution in [3.63, 3.8) is 0 Å². The minimum absolute atomic E-state index is 0.227. The lowest BCUT2D eigenvalue weighted by Crippen LogP contribution is -2.53. The Balaban J connectivity index is 1.74. The molecule has 0 spiro atoms. The second-order valence-corrected chi connectivity index (χ2v) is 9.12. The highest BCUT2D eigenvalue weighted by Crippen LogP contribution is 2.67. The maximum Gasteiger partial charge on any atom is 0.152 e. The minimum atomic E-state index is -1.14. The molecule has 2 nitrogen and oxygen atoms in total. The van der Waals surface area contributed by atoms with Crippen molar-refractivity contribution >= 4 is 0 Å². The first-order valence-electron chi connectivity index (χ1n) is 9.64. The average Bonchev–Trinajstić information content (AvgIpc) is 2.82. The molecule has 25 heavy (non-hydrogen) atoms. The monoisotopic (exact) mass is 338 g/mol. The highest BCUT2D eigenvalue weighted by molar-refractivity contribution is 5.41. The topological polar surface area (TPSA) is 29.5 Å². The Hall–Kier alpha value is -1.46. The molecule has 4 rings (SSSR count). The summed E-state index contributed by atoms with van der Waals surface area (Å²) in [4.78, 5) is 0. The molecule has 0 aromatic heterocycles. The molecule has 2 heteroatoms. The molecule has 0 aromatic carbocycles. The SMILES string of the molecule is C#C[C@@]1(O)C(=C)C[C@H]2[C@@H]3CC=C4C=C(OC)CC[C@]4(C)[C@H]3CC[C@@]21C. The van der Waals surface area contributed by atoms with E-state index in [9.17, 15) is 5.11 Å². The van der Waals surface area contributed by atoms with Crippen LogP contribution in [0.25, 0.3) is 0 Å². The molecule has 0 heterocycles. The molecule has 4 aliphatic carbocycles. The average molecular weight is 338 g/mol. The van der Waals surface area contributed by atoms with E-state index in [1.165, 1.54) is 5.57 Å². The summed E-state index contributed by atoms with van der Waals surface area (Å²) in [5, 5.41) is 11.2. The number of hydrogen-bond donors (Lipinski definition) is 1.